The van der Waals surface area contributed by atoms with Gasteiger partial charge >= 0.3 is 5.63 Å². The first-order chi connectivity index (χ1) is 14.6. The van der Waals surface area contributed by atoms with E-state index in [0.717, 1.165) is 32.1 Å². The molecule has 7 heteroatoms. The van der Waals surface area contributed by atoms with Crippen LogP contribution in [0.15, 0.2) is 69.9 Å². The van der Waals surface area contributed by atoms with Crippen LogP contribution in [0.4, 0.5) is 5.13 Å². The predicted molar refractivity (Wildman–Crippen MR) is 118 cm³/mol. The number of hydrogen-bond acceptors (Lipinski definition) is 6. The fraction of sp³-hybridized carbons (Fsp3) is 0.0870. The highest BCUT2D eigenvalue weighted by molar-refractivity contribution is 7.22. The molecule has 0 saturated heterocycles. The summed E-state index contributed by atoms with van der Waals surface area (Å²) in [7, 11) is 1.61. The summed E-state index contributed by atoms with van der Waals surface area (Å²) in [6, 6.07) is 18.4. The maximum Gasteiger partial charge on any atom is 0.336 e. The first-order valence-electron chi connectivity index (χ1n) is 9.29. The van der Waals surface area contributed by atoms with Gasteiger partial charge in [-0.05, 0) is 29.1 Å². The second kappa shape index (κ2) is 7.27. The molecule has 0 fully saturated rings. The monoisotopic (exact) mass is 416 g/mol. The van der Waals surface area contributed by atoms with Gasteiger partial charge in [0.25, 0.3) is 0 Å². The van der Waals surface area contributed by atoms with Crippen molar-refractivity contribution in [2.45, 2.75) is 6.42 Å². The van der Waals surface area contributed by atoms with Gasteiger partial charge < -0.3 is 14.5 Å². The number of amides is 1. The van der Waals surface area contributed by atoms with Crippen molar-refractivity contribution in [1.29, 1.82) is 0 Å². The molecule has 2 heterocycles. The molecule has 0 aliphatic carbocycles. The fourth-order valence-electron chi connectivity index (χ4n) is 3.52. The lowest BCUT2D eigenvalue weighted by atomic mass is 10.0. The van der Waals surface area contributed by atoms with E-state index in [2.05, 4.69) is 10.3 Å². The zero-order valence-electron chi connectivity index (χ0n) is 16.0. The van der Waals surface area contributed by atoms with Crippen LogP contribution in [0.3, 0.4) is 0 Å². The average Bonchev–Trinajstić information content (AvgIpc) is 3.14. The Morgan fingerprint density at radius 2 is 1.97 bits per heavy atom. The summed E-state index contributed by atoms with van der Waals surface area (Å²) in [6.07, 6.45) is 0.0414. The summed E-state index contributed by atoms with van der Waals surface area (Å²) in [6.45, 7) is 0. The van der Waals surface area contributed by atoms with Crippen molar-refractivity contribution in [2.75, 3.05) is 12.4 Å². The van der Waals surface area contributed by atoms with Gasteiger partial charge in [-0.25, -0.2) is 9.78 Å². The van der Waals surface area contributed by atoms with Crippen molar-refractivity contribution in [3.05, 3.63) is 76.6 Å². The molecule has 2 aromatic heterocycles. The van der Waals surface area contributed by atoms with E-state index in [-0.39, 0.29) is 12.3 Å². The molecule has 0 aliphatic heterocycles. The second-order valence-electron chi connectivity index (χ2n) is 6.83. The molecule has 148 valence electrons. The van der Waals surface area contributed by atoms with Crippen LogP contribution in [-0.4, -0.2) is 18.0 Å². The number of nitrogens with zero attached hydrogens (tertiary/aromatic N) is 1. The van der Waals surface area contributed by atoms with Crippen molar-refractivity contribution in [3.63, 3.8) is 0 Å². The van der Waals surface area contributed by atoms with E-state index in [1.54, 1.807) is 7.11 Å². The number of hydrogen-bond donors (Lipinski definition) is 1. The number of carbonyl (C=O) groups is 1. The van der Waals surface area contributed by atoms with E-state index < -0.39 is 5.63 Å². The van der Waals surface area contributed by atoms with Crippen molar-refractivity contribution in [1.82, 2.24) is 4.98 Å². The van der Waals surface area contributed by atoms with Gasteiger partial charge in [0.15, 0.2) is 5.13 Å². The normalized spacial score (nSPS) is 11.2. The zero-order valence-corrected chi connectivity index (χ0v) is 16.8. The number of anilines is 1. The number of methoxy groups -OCH3 is 1. The molecule has 5 rings (SSSR count). The van der Waals surface area contributed by atoms with Crippen molar-refractivity contribution in [2.24, 2.45) is 0 Å². The molecular formula is C23H16N2O4S. The fourth-order valence-corrected chi connectivity index (χ4v) is 4.43. The molecule has 1 N–H and O–H groups in total. The first-order valence-corrected chi connectivity index (χ1v) is 10.1. The SMILES string of the molecule is COc1ccc2nc(NC(=O)Cc3cc(=O)oc4c3ccc3ccccc34)sc2c1. The number of rotatable bonds is 4. The van der Waals surface area contributed by atoms with Gasteiger partial charge in [-0.1, -0.05) is 47.7 Å². The Labute approximate surface area is 174 Å². The molecule has 3 aromatic carbocycles. The van der Waals surface area contributed by atoms with E-state index in [0.29, 0.717) is 16.3 Å². The summed E-state index contributed by atoms with van der Waals surface area (Å²) >= 11 is 1.37. The molecule has 0 saturated carbocycles. The summed E-state index contributed by atoms with van der Waals surface area (Å²) in [5.74, 6) is 0.486. The van der Waals surface area contributed by atoms with Crippen LogP contribution in [0, 0.1) is 0 Å². The van der Waals surface area contributed by atoms with E-state index in [1.807, 2.05) is 54.6 Å². The minimum absolute atomic E-state index is 0.0414. The topological polar surface area (TPSA) is 81.4 Å². The van der Waals surface area contributed by atoms with Crippen molar-refractivity contribution in [3.8, 4) is 5.75 Å². The van der Waals surface area contributed by atoms with E-state index >= 15 is 0 Å². The standard InChI is InChI=1S/C23H16N2O4S/c1-28-15-7-9-18-19(12-15)30-23(24-18)25-20(26)10-14-11-21(27)29-22-16-5-3-2-4-13(16)6-8-17(14)22/h2-9,11-12H,10H2,1H3,(H,24,25,26). The Kier molecular flexibility index (Phi) is 4.44. The predicted octanol–water partition coefficient (Wildman–Crippen LogP) is 4.75. The first kappa shape index (κ1) is 18.3. The number of carbonyl (C=O) groups excluding carboxylic acids is 1. The third kappa shape index (κ3) is 3.29. The highest BCUT2D eigenvalue weighted by atomic mass is 32.1. The summed E-state index contributed by atoms with van der Waals surface area (Å²) < 4.78 is 11.6. The van der Waals surface area contributed by atoms with E-state index in [9.17, 15) is 9.59 Å². The average molecular weight is 416 g/mol. The quantitative estimate of drug-likeness (QED) is 0.338. The van der Waals surface area contributed by atoms with Gasteiger partial charge in [0, 0.05) is 16.8 Å². The molecule has 6 nitrogen and oxygen atoms in total. The number of thiazole rings is 1. The van der Waals surface area contributed by atoms with E-state index in [4.69, 9.17) is 9.15 Å². The highest BCUT2D eigenvalue weighted by Crippen LogP contribution is 2.30. The van der Waals surface area contributed by atoms with Crippen LogP contribution in [0.2, 0.25) is 0 Å². The Morgan fingerprint density at radius 3 is 2.83 bits per heavy atom. The number of benzene rings is 3. The lowest BCUT2D eigenvalue weighted by Gasteiger charge is -2.07. The Balaban J connectivity index is 1.47. The second-order valence-corrected chi connectivity index (χ2v) is 7.86. The molecular weight excluding hydrogens is 400 g/mol. The molecule has 0 atom stereocenters. The molecule has 0 aliphatic rings. The van der Waals surface area contributed by atoms with Gasteiger partial charge in [-0.3, -0.25) is 4.79 Å². The lowest BCUT2D eigenvalue weighted by Crippen LogP contribution is -2.15. The molecule has 0 bridgehead atoms. The smallest absolute Gasteiger partial charge is 0.336 e. The molecule has 1 amide bonds. The Morgan fingerprint density at radius 1 is 1.10 bits per heavy atom. The van der Waals surface area contributed by atoms with Gasteiger partial charge in [0.1, 0.15) is 11.3 Å². The third-order valence-corrected chi connectivity index (χ3v) is 5.85. The minimum atomic E-state index is -0.478. The van der Waals surface area contributed by atoms with Crippen molar-refractivity contribution < 1.29 is 13.9 Å². The molecule has 0 spiro atoms. The van der Waals surface area contributed by atoms with Gasteiger partial charge in [-0.15, -0.1) is 0 Å². The van der Waals surface area contributed by atoms with E-state index in [1.165, 1.54) is 17.4 Å². The number of nitrogens with one attached hydrogen (secondary N) is 1. The van der Waals surface area contributed by atoms with Crippen LogP contribution >= 0.6 is 11.3 Å². The molecule has 5 aromatic rings. The van der Waals surface area contributed by atoms with Crippen LogP contribution in [0.25, 0.3) is 32.0 Å². The lowest BCUT2D eigenvalue weighted by molar-refractivity contribution is -0.115. The maximum atomic E-state index is 12.7. The van der Waals surface area contributed by atoms with Crippen LogP contribution in [-0.2, 0) is 11.2 Å². The Bertz CT molecular complexity index is 1490. The summed E-state index contributed by atoms with van der Waals surface area (Å²) in [4.78, 5) is 29.3. The molecule has 30 heavy (non-hydrogen) atoms. The number of ether oxygens (including phenoxy) is 1. The van der Waals surface area contributed by atoms with Crippen LogP contribution in [0.1, 0.15) is 5.56 Å². The minimum Gasteiger partial charge on any atom is -0.497 e. The third-order valence-electron chi connectivity index (χ3n) is 4.91. The van der Waals surface area contributed by atoms with Crippen LogP contribution in [0.5, 0.6) is 5.75 Å². The van der Waals surface area contributed by atoms with Gasteiger partial charge in [-0.2, -0.15) is 0 Å². The zero-order chi connectivity index (χ0) is 20.7. The van der Waals surface area contributed by atoms with Crippen molar-refractivity contribution >= 4 is 54.3 Å². The summed E-state index contributed by atoms with van der Waals surface area (Å²) in [5.41, 5.74) is 1.42. The van der Waals surface area contributed by atoms with Crippen LogP contribution < -0.4 is 15.7 Å². The molecule has 0 unspecified atom stereocenters. The largest absolute Gasteiger partial charge is 0.497 e. The van der Waals surface area contributed by atoms with Gasteiger partial charge in [0.2, 0.25) is 5.91 Å². The summed E-state index contributed by atoms with van der Waals surface area (Å²) in [5, 5.41) is 5.90. The maximum absolute atomic E-state index is 12.7. The Hall–Kier alpha value is -3.71. The van der Waals surface area contributed by atoms with Gasteiger partial charge in [0.05, 0.1) is 23.7 Å². The number of fused-ring (bicyclic) bond motifs is 4. The molecule has 0 radical (unpaired) electrons. The number of aromatic nitrogens is 1. The highest BCUT2D eigenvalue weighted by Gasteiger charge is 2.14.